The molecule has 0 saturated heterocycles. The van der Waals surface area contributed by atoms with E-state index in [1.807, 2.05) is 0 Å². The van der Waals surface area contributed by atoms with Crippen LogP contribution in [0, 0.1) is 0 Å². The van der Waals surface area contributed by atoms with E-state index < -0.39 is 21.8 Å². The summed E-state index contributed by atoms with van der Waals surface area (Å²) >= 11 is 0. The molecule has 2 aromatic rings. The van der Waals surface area contributed by atoms with Gasteiger partial charge in [-0.1, -0.05) is 36.4 Å². The van der Waals surface area contributed by atoms with Gasteiger partial charge >= 0.3 is 5.97 Å². The Labute approximate surface area is 146 Å². The van der Waals surface area contributed by atoms with Crippen molar-refractivity contribution in [2.45, 2.75) is 11.8 Å². The molecule has 0 radical (unpaired) electrons. The molecule has 0 unspecified atom stereocenters. The summed E-state index contributed by atoms with van der Waals surface area (Å²) in [7, 11) is -3.76. The molecule has 0 saturated carbocycles. The molecule has 1 N–H and O–H groups in total. The van der Waals surface area contributed by atoms with Gasteiger partial charge in [-0.25, -0.2) is 13.2 Å². The smallest absolute Gasteiger partial charge is 0.379 e. The highest BCUT2D eigenvalue weighted by atomic mass is 32.2. The van der Waals surface area contributed by atoms with Crippen LogP contribution < -0.4 is 4.72 Å². The van der Waals surface area contributed by atoms with Gasteiger partial charge in [-0.05, 0) is 42.8 Å². The second-order valence-corrected chi connectivity index (χ2v) is 6.61. The number of sulfonamides is 1. The molecule has 0 aliphatic carbocycles. The molecule has 7 heteroatoms. The SMILES string of the molecule is CCOC(=O)C(=O)/C=C/c1ccccc1NS(=O)(=O)c1ccccc1. The molecule has 6 nitrogen and oxygen atoms in total. The summed E-state index contributed by atoms with van der Waals surface area (Å²) in [5.41, 5.74) is 0.735. The molecule has 0 heterocycles. The summed E-state index contributed by atoms with van der Waals surface area (Å²) in [6.45, 7) is 1.70. The van der Waals surface area contributed by atoms with Crippen LogP contribution in [0.5, 0.6) is 0 Å². The number of hydrogen-bond acceptors (Lipinski definition) is 5. The molecule has 0 atom stereocenters. The Morgan fingerprint density at radius 1 is 1.04 bits per heavy atom. The fourth-order valence-corrected chi connectivity index (χ4v) is 3.08. The van der Waals surface area contributed by atoms with E-state index in [2.05, 4.69) is 9.46 Å². The first-order valence-corrected chi connectivity index (χ1v) is 8.98. The minimum Gasteiger partial charge on any atom is -0.460 e. The van der Waals surface area contributed by atoms with Crippen LogP contribution in [-0.4, -0.2) is 26.8 Å². The van der Waals surface area contributed by atoms with E-state index in [0.717, 1.165) is 6.08 Å². The summed E-state index contributed by atoms with van der Waals surface area (Å²) in [4.78, 5) is 23.1. The molecular formula is C18H17NO5S. The largest absolute Gasteiger partial charge is 0.460 e. The van der Waals surface area contributed by atoms with Crippen LogP contribution in [0.2, 0.25) is 0 Å². The van der Waals surface area contributed by atoms with Crippen LogP contribution in [0.1, 0.15) is 12.5 Å². The number of rotatable bonds is 7. The molecule has 0 aromatic heterocycles. The van der Waals surface area contributed by atoms with Gasteiger partial charge < -0.3 is 4.74 Å². The Hall–Kier alpha value is -2.93. The van der Waals surface area contributed by atoms with Gasteiger partial charge in [0.2, 0.25) is 0 Å². The van der Waals surface area contributed by atoms with E-state index in [1.165, 1.54) is 18.2 Å². The number of carbonyl (C=O) groups is 2. The fourth-order valence-electron chi connectivity index (χ4n) is 1.97. The van der Waals surface area contributed by atoms with Crippen LogP contribution in [0.15, 0.2) is 65.6 Å². The average Bonchev–Trinajstić information content (AvgIpc) is 2.61. The van der Waals surface area contributed by atoms with E-state index in [1.54, 1.807) is 49.4 Å². The summed E-state index contributed by atoms with van der Waals surface area (Å²) < 4.78 is 31.9. The number of esters is 1. The molecule has 2 rings (SSSR count). The van der Waals surface area contributed by atoms with Gasteiger partial charge in [-0.2, -0.15) is 0 Å². The Balaban J connectivity index is 2.24. The zero-order valence-electron chi connectivity index (χ0n) is 13.5. The molecular weight excluding hydrogens is 342 g/mol. The number of ketones is 1. The van der Waals surface area contributed by atoms with Gasteiger partial charge in [-0.3, -0.25) is 9.52 Å². The Kier molecular flexibility index (Phi) is 6.08. The third kappa shape index (κ3) is 5.02. The number of carbonyl (C=O) groups excluding carboxylic acids is 2. The lowest BCUT2D eigenvalue weighted by molar-refractivity contribution is -0.151. The van der Waals surface area contributed by atoms with Crippen molar-refractivity contribution in [1.82, 2.24) is 0 Å². The minimum atomic E-state index is -3.76. The number of anilines is 1. The molecule has 2 aromatic carbocycles. The quantitative estimate of drug-likeness (QED) is 0.466. The first-order chi connectivity index (χ1) is 11.9. The zero-order valence-corrected chi connectivity index (χ0v) is 14.3. The van der Waals surface area contributed by atoms with E-state index in [0.29, 0.717) is 11.3 Å². The predicted molar refractivity (Wildman–Crippen MR) is 94.4 cm³/mol. The molecule has 0 aliphatic heterocycles. The summed E-state index contributed by atoms with van der Waals surface area (Å²) in [5, 5.41) is 0. The lowest BCUT2D eigenvalue weighted by atomic mass is 10.1. The van der Waals surface area contributed by atoms with Crippen LogP contribution >= 0.6 is 0 Å². The van der Waals surface area contributed by atoms with Gasteiger partial charge in [0.15, 0.2) is 0 Å². The lowest BCUT2D eigenvalue weighted by Gasteiger charge is -2.10. The average molecular weight is 359 g/mol. The van der Waals surface area contributed by atoms with Crippen molar-refractivity contribution in [1.29, 1.82) is 0 Å². The Morgan fingerprint density at radius 3 is 2.36 bits per heavy atom. The van der Waals surface area contributed by atoms with Gasteiger partial charge in [-0.15, -0.1) is 0 Å². The fraction of sp³-hybridized carbons (Fsp3) is 0.111. The molecule has 25 heavy (non-hydrogen) atoms. The molecule has 130 valence electrons. The highest BCUT2D eigenvalue weighted by Gasteiger charge is 2.15. The van der Waals surface area contributed by atoms with Crippen LogP contribution in [0.3, 0.4) is 0 Å². The monoisotopic (exact) mass is 359 g/mol. The maximum atomic E-state index is 12.4. The van der Waals surface area contributed by atoms with Crippen molar-refractivity contribution < 1.29 is 22.7 Å². The normalized spacial score (nSPS) is 11.2. The number of para-hydroxylation sites is 1. The third-order valence-electron chi connectivity index (χ3n) is 3.15. The molecule has 0 fully saturated rings. The number of nitrogens with one attached hydrogen (secondary N) is 1. The molecule has 0 amide bonds. The van der Waals surface area contributed by atoms with Gasteiger partial charge in [0, 0.05) is 0 Å². The lowest BCUT2D eigenvalue weighted by Crippen LogP contribution is -2.15. The Bertz CT molecular complexity index is 889. The third-order valence-corrected chi connectivity index (χ3v) is 4.53. The first-order valence-electron chi connectivity index (χ1n) is 7.50. The highest BCUT2D eigenvalue weighted by Crippen LogP contribution is 2.21. The maximum Gasteiger partial charge on any atom is 0.379 e. The topological polar surface area (TPSA) is 89.5 Å². The number of hydrogen-bond donors (Lipinski definition) is 1. The van der Waals surface area contributed by atoms with Crippen molar-refractivity contribution >= 4 is 33.5 Å². The molecule has 0 aliphatic rings. The van der Waals surface area contributed by atoms with Gasteiger partial charge in [0.1, 0.15) is 0 Å². The van der Waals surface area contributed by atoms with Crippen molar-refractivity contribution in [3.8, 4) is 0 Å². The molecule has 0 bridgehead atoms. The van der Waals surface area contributed by atoms with Crippen molar-refractivity contribution in [3.05, 3.63) is 66.2 Å². The van der Waals surface area contributed by atoms with E-state index in [9.17, 15) is 18.0 Å². The Morgan fingerprint density at radius 2 is 1.68 bits per heavy atom. The summed E-state index contributed by atoms with van der Waals surface area (Å²) in [6, 6.07) is 14.5. The zero-order chi connectivity index (χ0) is 18.3. The van der Waals surface area contributed by atoms with Crippen LogP contribution in [-0.2, 0) is 24.3 Å². The second-order valence-electron chi connectivity index (χ2n) is 4.92. The van der Waals surface area contributed by atoms with Crippen molar-refractivity contribution in [2.75, 3.05) is 11.3 Å². The minimum absolute atomic E-state index is 0.103. The van der Waals surface area contributed by atoms with Crippen LogP contribution in [0.25, 0.3) is 6.08 Å². The van der Waals surface area contributed by atoms with E-state index in [4.69, 9.17) is 0 Å². The molecule has 0 spiro atoms. The number of benzene rings is 2. The predicted octanol–water partition coefficient (Wildman–Crippen LogP) is 2.63. The standard InChI is InChI=1S/C18H17NO5S/c1-2-24-18(21)17(20)13-12-14-8-6-7-11-16(14)19-25(22,23)15-9-4-3-5-10-15/h3-13,19H,2H2,1H3/b13-12+. The van der Waals surface area contributed by atoms with E-state index >= 15 is 0 Å². The summed E-state index contributed by atoms with van der Waals surface area (Å²) in [6.07, 6.45) is 2.41. The van der Waals surface area contributed by atoms with Gasteiger partial charge in [0.05, 0.1) is 17.2 Å². The number of ether oxygens (including phenoxy) is 1. The van der Waals surface area contributed by atoms with Crippen molar-refractivity contribution in [3.63, 3.8) is 0 Å². The van der Waals surface area contributed by atoms with Crippen molar-refractivity contribution in [2.24, 2.45) is 0 Å². The second kappa shape index (κ2) is 8.25. The van der Waals surface area contributed by atoms with Crippen LogP contribution in [0.4, 0.5) is 5.69 Å². The highest BCUT2D eigenvalue weighted by molar-refractivity contribution is 7.92. The summed E-state index contributed by atoms with van der Waals surface area (Å²) in [5.74, 6) is -1.77. The van der Waals surface area contributed by atoms with Gasteiger partial charge in [0.25, 0.3) is 15.8 Å². The maximum absolute atomic E-state index is 12.4. The van der Waals surface area contributed by atoms with E-state index in [-0.39, 0.29) is 11.5 Å². The first kappa shape index (κ1) is 18.4.